The molecule has 0 aliphatic carbocycles. The third-order valence-corrected chi connectivity index (χ3v) is 4.81. The molecule has 1 unspecified atom stereocenters. The highest BCUT2D eigenvalue weighted by atomic mass is 32.2. The Morgan fingerprint density at radius 2 is 2.18 bits per heavy atom. The van der Waals surface area contributed by atoms with Gasteiger partial charge in [-0.25, -0.2) is 13.0 Å². The van der Waals surface area contributed by atoms with Crippen LogP contribution in [0, 0.1) is 0 Å². The van der Waals surface area contributed by atoms with Gasteiger partial charge in [-0.2, -0.15) is 0 Å². The van der Waals surface area contributed by atoms with Crippen LogP contribution in [0.4, 0.5) is 5.82 Å². The number of nitrogens with one attached hydrogen (secondary N) is 1. The van der Waals surface area contributed by atoms with Crippen molar-refractivity contribution >= 4 is 15.8 Å². The number of aromatic nitrogens is 2. The van der Waals surface area contributed by atoms with Gasteiger partial charge in [-0.3, -0.25) is 4.72 Å². The van der Waals surface area contributed by atoms with E-state index in [4.69, 9.17) is 4.74 Å². The molecule has 2 heterocycles. The summed E-state index contributed by atoms with van der Waals surface area (Å²) in [5.41, 5.74) is 1.38. The van der Waals surface area contributed by atoms with E-state index in [0.717, 1.165) is 12.0 Å². The first-order valence-corrected chi connectivity index (χ1v) is 8.62. The Bertz CT molecular complexity index is 785. The number of hydrogen-bond donors (Lipinski definition) is 1. The van der Waals surface area contributed by atoms with Crippen molar-refractivity contribution in [1.82, 2.24) is 10.3 Å². The average molecular weight is 323 g/mol. The minimum absolute atomic E-state index is 0.0317. The second-order valence-corrected chi connectivity index (χ2v) is 6.94. The zero-order valence-corrected chi connectivity index (χ0v) is 13.2. The van der Waals surface area contributed by atoms with Gasteiger partial charge in [0.05, 0.1) is 0 Å². The molecule has 0 radical (unpaired) electrons. The SMILES string of the molecule is CCCc1nonc1NS(=O)(=O)c1cccc2c1OC(C)C2. The zero-order chi connectivity index (χ0) is 15.7. The molecule has 3 rings (SSSR count). The smallest absolute Gasteiger partial charge is 0.266 e. The Morgan fingerprint density at radius 1 is 1.36 bits per heavy atom. The molecule has 0 amide bonds. The Balaban J connectivity index is 1.95. The predicted molar refractivity (Wildman–Crippen MR) is 79.3 cm³/mol. The maximum atomic E-state index is 12.6. The van der Waals surface area contributed by atoms with Crippen LogP contribution >= 0.6 is 0 Å². The van der Waals surface area contributed by atoms with Crippen LogP contribution in [0.15, 0.2) is 27.7 Å². The number of rotatable bonds is 5. The summed E-state index contributed by atoms with van der Waals surface area (Å²) in [5, 5.41) is 7.36. The van der Waals surface area contributed by atoms with Gasteiger partial charge in [0.2, 0.25) is 5.82 Å². The molecule has 1 atom stereocenters. The Kier molecular flexibility index (Phi) is 3.78. The van der Waals surface area contributed by atoms with E-state index in [0.29, 0.717) is 24.3 Å². The third kappa shape index (κ3) is 2.66. The van der Waals surface area contributed by atoms with Crippen LogP contribution < -0.4 is 9.46 Å². The predicted octanol–water partition coefficient (Wildman–Crippen LogP) is 2.15. The van der Waals surface area contributed by atoms with Crippen molar-refractivity contribution in [3.8, 4) is 5.75 Å². The van der Waals surface area contributed by atoms with E-state index in [2.05, 4.69) is 19.7 Å². The molecule has 0 saturated heterocycles. The molecule has 1 N–H and O–H groups in total. The quantitative estimate of drug-likeness (QED) is 0.906. The van der Waals surface area contributed by atoms with Crippen molar-refractivity contribution in [2.45, 2.75) is 44.1 Å². The van der Waals surface area contributed by atoms with Gasteiger partial charge in [-0.15, -0.1) is 0 Å². The van der Waals surface area contributed by atoms with Crippen molar-refractivity contribution in [1.29, 1.82) is 0 Å². The molecule has 0 spiro atoms. The van der Waals surface area contributed by atoms with Gasteiger partial charge in [0.1, 0.15) is 22.4 Å². The van der Waals surface area contributed by atoms with E-state index >= 15 is 0 Å². The molecule has 7 nitrogen and oxygen atoms in total. The lowest BCUT2D eigenvalue weighted by Gasteiger charge is -2.10. The summed E-state index contributed by atoms with van der Waals surface area (Å²) in [6, 6.07) is 5.10. The number of hydrogen-bond acceptors (Lipinski definition) is 6. The van der Waals surface area contributed by atoms with Crippen LogP contribution in [-0.2, 0) is 22.9 Å². The number of anilines is 1. The normalized spacial score (nSPS) is 17.1. The van der Waals surface area contributed by atoms with E-state index in [1.54, 1.807) is 6.07 Å². The Hall–Kier alpha value is -2.09. The second kappa shape index (κ2) is 5.60. The fraction of sp³-hybridized carbons (Fsp3) is 0.429. The fourth-order valence-corrected chi connectivity index (χ4v) is 3.69. The lowest BCUT2D eigenvalue weighted by atomic mass is 10.1. The molecule has 22 heavy (non-hydrogen) atoms. The topological polar surface area (TPSA) is 94.3 Å². The maximum absolute atomic E-state index is 12.6. The Morgan fingerprint density at radius 3 is 2.95 bits per heavy atom. The molecule has 0 saturated carbocycles. The lowest BCUT2D eigenvalue weighted by Crippen LogP contribution is -2.16. The molecule has 2 aromatic rings. The van der Waals surface area contributed by atoms with Gasteiger partial charge in [-0.1, -0.05) is 30.6 Å². The molecule has 1 aliphatic heterocycles. The first-order chi connectivity index (χ1) is 10.5. The standard InChI is InChI=1S/C14H17N3O4S/c1-3-5-11-14(16-21-15-11)17-22(18,19)12-7-4-6-10-8-9(2)20-13(10)12/h4,6-7,9H,3,5,8H2,1-2H3,(H,16,17). The highest BCUT2D eigenvalue weighted by Crippen LogP contribution is 2.35. The number of aryl methyl sites for hydroxylation is 1. The van der Waals surface area contributed by atoms with Crippen LogP contribution in [0.5, 0.6) is 5.75 Å². The summed E-state index contributed by atoms with van der Waals surface area (Å²) in [6.07, 6.45) is 2.06. The molecule has 118 valence electrons. The number of sulfonamides is 1. The Labute approximate surface area is 128 Å². The highest BCUT2D eigenvalue weighted by molar-refractivity contribution is 7.92. The van der Waals surface area contributed by atoms with Crippen LogP contribution in [0.2, 0.25) is 0 Å². The van der Waals surface area contributed by atoms with Crippen molar-refractivity contribution in [3.63, 3.8) is 0 Å². The summed E-state index contributed by atoms with van der Waals surface area (Å²) in [4.78, 5) is 0.111. The first kappa shape index (κ1) is 14.8. The van der Waals surface area contributed by atoms with E-state index < -0.39 is 10.0 Å². The molecular formula is C14H17N3O4S. The highest BCUT2D eigenvalue weighted by Gasteiger charge is 2.29. The van der Waals surface area contributed by atoms with Gasteiger partial charge in [0, 0.05) is 6.42 Å². The molecule has 1 aliphatic rings. The summed E-state index contributed by atoms with van der Waals surface area (Å²) in [5.74, 6) is 0.543. The van der Waals surface area contributed by atoms with E-state index in [-0.39, 0.29) is 16.8 Å². The largest absolute Gasteiger partial charge is 0.489 e. The van der Waals surface area contributed by atoms with Gasteiger partial charge < -0.3 is 4.74 Å². The van der Waals surface area contributed by atoms with Crippen LogP contribution in [-0.4, -0.2) is 24.8 Å². The van der Waals surface area contributed by atoms with Gasteiger partial charge in [0.25, 0.3) is 10.0 Å². The summed E-state index contributed by atoms with van der Waals surface area (Å²) in [7, 11) is -3.81. The molecule has 1 aromatic carbocycles. The van der Waals surface area contributed by atoms with Crippen LogP contribution in [0.25, 0.3) is 0 Å². The number of benzene rings is 1. The van der Waals surface area contributed by atoms with Gasteiger partial charge in [0.15, 0.2) is 0 Å². The molecule has 0 fully saturated rings. The van der Waals surface area contributed by atoms with Crippen molar-refractivity contribution in [2.24, 2.45) is 0 Å². The molecular weight excluding hydrogens is 306 g/mol. The number of fused-ring (bicyclic) bond motifs is 1. The van der Waals surface area contributed by atoms with Crippen molar-refractivity contribution in [3.05, 3.63) is 29.5 Å². The first-order valence-electron chi connectivity index (χ1n) is 7.14. The molecule has 1 aromatic heterocycles. The summed E-state index contributed by atoms with van der Waals surface area (Å²) < 4.78 is 38.0. The van der Waals surface area contributed by atoms with E-state index in [9.17, 15) is 8.42 Å². The van der Waals surface area contributed by atoms with Crippen molar-refractivity contribution in [2.75, 3.05) is 4.72 Å². The van der Waals surface area contributed by atoms with Gasteiger partial charge in [-0.05, 0) is 30.1 Å². The lowest BCUT2D eigenvalue weighted by molar-refractivity contribution is 0.249. The number of nitrogens with zero attached hydrogens (tertiary/aromatic N) is 2. The minimum Gasteiger partial charge on any atom is -0.489 e. The molecule has 8 heteroatoms. The van der Waals surface area contributed by atoms with Gasteiger partial charge >= 0.3 is 0 Å². The van der Waals surface area contributed by atoms with Crippen LogP contribution in [0.3, 0.4) is 0 Å². The second-order valence-electron chi connectivity index (χ2n) is 5.29. The monoisotopic (exact) mass is 323 g/mol. The summed E-state index contributed by atoms with van der Waals surface area (Å²) in [6.45, 7) is 3.87. The van der Waals surface area contributed by atoms with Crippen LogP contribution in [0.1, 0.15) is 31.5 Å². The average Bonchev–Trinajstić information content (AvgIpc) is 3.04. The van der Waals surface area contributed by atoms with E-state index in [1.165, 1.54) is 6.07 Å². The summed E-state index contributed by atoms with van der Waals surface area (Å²) >= 11 is 0. The number of ether oxygens (including phenoxy) is 1. The number of para-hydroxylation sites is 1. The third-order valence-electron chi connectivity index (χ3n) is 3.45. The maximum Gasteiger partial charge on any atom is 0.266 e. The zero-order valence-electron chi connectivity index (χ0n) is 12.4. The fourth-order valence-electron chi connectivity index (χ4n) is 2.49. The molecule has 0 bridgehead atoms. The van der Waals surface area contributed by atoms with E-state index in [1.807, 2.05) is 19.9 Å². The minimum atomic E-state index is -3.81. The van der Waals surface area contributed by atoms with Crippen molar-refractivity contribution < 1.29 is 17.8 Å².